The molecule has 2 unspecified atom stereocenters. The van der Waals surface area contributed by atoms with Crippen LogP contribution in [0.2, 0.25) is 0 Å². The molecule has 2 heterocycles. The van der Waals surface area contributed by atoms with Crippen LogP contribution >= 0.6 is 0 Å². The molecule has 2 aliphatic rings. The highest BCUT2D eigenvalue weighted by Crippen LogP contribution is 2.42. The van der Waals surface area contributed by atoms with Gasteiger partial charge in [-0.15, -0.1) is 0 Å². The number of hydrogen-bond donors (Lipinski definition) is 2. The summed E-state index contributed by atoms with van der Waals surface area (Å²) in [5, 5.41) is 3.43. The van der Waals surface area contributed by atoms with Crippen LogP contribution in [0.5, 0.6) is 0 Å². The quantitative estimate of drug-likeness (QED) is 0.873. The highest BCUT2D eigenvalue weighted by molar-refractivity contribution is 5.92. The normalized spacial score (nSPS) is 25.1. The number of fused-ring (bicyclic) bond motifs is 1. The van der Waals surface area contributed by atoms with Crippen LogP contribution in [0.15, 0.2) is 48.5 Å². The minimum atomic E-state index is -1.11. The smallest absolute Gasteiger partial charge is 0.171 e. The Hall–Kier alpha value is -2.17. The van der Waals surface area contributed by atoms with Crippen molar-refractivity contribution in [3.8, 4) is 0 Å². The molecule has 4 heteroatoms. The number of Topliss-reactive ketones (excluding diaryl/α,β-unsaturated/α-hetero) is 1. The van der Waals surface area contributed by atoms with E-state index in [2.05, 4.69) is 52.7 Å². The third kappa shape index (κ3) is 3.17. The maximum Gasteiger partial charge on any atom is 0.171 e. The maximum absolute atomic E-state index is 12.9. The zero-order valence-corrected chi connectivity index (χ0v) is 16.1. The Labute approximate surface area is 161 Å². The van der Waals surface area contributed by atoms with Gasteiger partial charge in [-0.3, -0.25) is 10.1 Å². The standard InChI is InChI=1S/C23H29N3O/c1-2-21(27)23(24)22-18(19(16-25-23)17-10-5-3-6-11-17)12-9-13-20(22)26-14-7-4-8-15-26/h3,5-6,9-13,19,25H,2,4,7-8,14-16,24H2,1H3. The van der Waals surface area contributed by atoms with Crippen molar-refractivity contribution in [2.75, 3.05) is 24.5 Å². The lowest BCUT2D eigenvalue weighted by Gasteiger charge is -2.43. The van der Waals surface area contributed by atoms with Gasteiger partial charge in [0, 0.05) is 43.2 Å². The van der Waals surface area contributed by atoms with Crippen LogP contribution in [-0.2, 0) is 10.5 Å². The molecule has 2 aromatic rings. The summed E-state index contributed by atoms with van der Waals surface area (Å²) in [6, 6.07) is 16.9. The number of carbonyl (C=O) groups is 1. The van der Waals surface area contributed by atoms with Crippen molar-refractivity contribution in [3.05, 3.63) is 65.2 Å². The fourth-order valence-electron chi connectivity index (χ4n) is 4.64. The summed E-state index contributed by atoms with van der Waals surface area (Å²) < 4.78 is 0. The summed E-state index contributed by atoms with van der Waals surface area (Å²) in [4.78, 5) is 15.3. The van der Waals surface area contributed by atoms with E-state index in [-0.39, 0.29) is 11.7 Å². The fraction of sp³-hybridized carbons (Fsp3) is 0.435. The van der Waals surface area contributed by atoms with Gasteiger partial charge < -0.3 is 10.6 Å². The number of rotatable bonds is 4. The summed E-state index contributed by atoms with van der Waals surface area (Å²) in [6.07, 6.45) is 4.09. The highest BCUT2D eigenvalue weighted by Gasteiger charge is 2.44. The number of anilines is 1. The minimum Gasteiger partial charge on any atom is -0.371 e. The molecule has 1 saturated heterocycles. The van der Waals surface area contributed by atoms with E-state index >= 15 is 0 Å². The monoisotopic (exact) mass is 363 g/mol. The molecular weight excluding hydrogens is 334 g/mol. The molecule has 4 rings (SSSR count). The van der Waals surface area contributed by atoms with E-state index in [0.717, 1.165) is 24.3 Å². The Kier molecular flexibility index (Phi) is 5.02. The van der Waals surface area contributed by atoms with Crippen LogP contribution in [0, 0.1) is 0 Å². The molecular formula is C23H29N3O. The van der Waals surface area contributed by atoms with Crippen molar-refractivity contribution in [2.45, 2.75) is 44.2 Å². The second-order valence-corrected chi connectivity index (χ2v) is 7.72. The average Bonchev–Trinajstić information content (AvgIpc) is 2.74. The second-order valence-electron chi connectivity index (χ2n) is 7.72. The van der Waals surface area contributed by atoms with Crippen molar-refractivity contribution in [1.29, 1.82) is 0 Å². The first-order valence-corrected chi connectivity index (χ1v) is 10.2. The molecule has 3 N–H and O–H groups in total. The molecule has 142 valence electrons. The van der Waals surface area contributed by atoms with Gasteiger partial charge in [-0.1, -0.05) is 49.4 Å². The lowest BCUT2D eigenvalue weighted by molar-refractivity contribution is -0.125. The number of nitrogens with one attached hydrogen (secondary N) is 1. The Balaban J connectivity index is 1.88. The number of nitrogens with zero attached hydrogens (tertiary/aromatic N) is 1. The van der Waals surface area contributed by atoms with E-state index in [1.165, 1.54) is 30.4 Å². The van der Waals surface area contributed by atoms with E-state index < -0.39 is 5.66 Å². The second kappa shape index (κ2) is 7.45. The van der Waals surface area contributed by atoms with Gasteiger partial charge >= 0.3 is 0 Å². The Morgan fingerprint density at radius 3 is 2.56 bits per heavy atom. The third-order valence-electron chi connectivity index (χ3n) is 6.09. The van der Waals surface area contributed by atoms with Gasteiger partial charge in [0.05, 0.1) is 0 Å². The van der Waals surface area contributed by atoms with Crippen LogP contribution in [0.1, 0.15) is 55.2 Å². The average molecular weight is 364 g/mol. The van der Waals surface area contributed by atoms with Crippen LogP contribution in [0.4, 0.5) is 5.69 Å². The van der Waals surface area contributed by atoms with Crippen LogP contribution < -0.4 is 16.0 Å². The molecule has 0 bridgehead atoms. The molecule has 2 atom stereocenters. The molecule has 27 heavy (non-hydrogen) atoms. The highest BCUT2D eigenvalue weighted by atomic mass is 16.1. The van der Waals surface area contributed by atoms with Crippen LogP contribution in [0.3, 0.4) is 0 Å². The molecule has 0 saturated carbocycles. The number of benzene rings is 2. The predicted molar refractivity (Wildman–Crippen MR) is 110 cm³/mol. The zero-order chi connectivity index (χ0) is 18.9. The number of carbonyl (C=O) groups excluding carboxylic acids is 1. The molecule has 0 aliphatic carbocycles. The van der Waals surface area contributed by atoms with Crippen LogP contribution in [-0.4, -0.2) is 25.4 Å². The van der Waals surface area contributed by atoms with E-state index in [1.54, 1.807) is 0 Å². The molecule has 0 aromatic heterocycles. The molecule has 2 aromatic carbocycles. The van der Waals surface area contributed by atoms with Gasteiger partial charge in [-0.05, 0) is 36.5 Å². The first kappa shape index (κ1) is 18.2. The van der Waals surface area contributed by atoms with Gasteiger partial charge in [0.15, 0.2) is 11.4 Å². The van der Waals surface area contributed by atoms with Gasteiger partial charge in [0.25, 0.3) is 0 Å². The Bertz CT molecular complexity index is 814. The number of nitrogens with two attached hydrogens (primary N) is 1. The largest absolute Gasteiger partial charge is 0.371 e. The maximum atomic E-state index is 12.9. The van der Waals surface area contributed by atoms with Gasteiger partial charge in [0.1, 0.15) is 0 Å². The molecule has 0 radical (unpaired) electrons. The summed E-state index contributed by atoms with van der Waals surface area (Å²) in [5.74, 6) is 0.256. The van der Waals surface area contributed by atoms with E-state index in [0.29, 0.717) is 13.0 Å². The zero-order valence-electron chi connectivity index (χ0n) is 16.1. The number of hydrogen-bond acceptors (Lipinski definition) is 4. The van der Waals surface area contributed by atoms with E-state index in [1.807, 2.05) is 13.0 Å². The van der Waals surface area contributed by atoms with E-state index in [9.17, 15) is 4.79 Å². The van der Waals surface area contributed by atoms with Crippen LogP contribution in [0.25, 0.3) is 0 Å². The molecule has 2 aliphatic heterocycles. The molecule has 0 amide bonds. The third-order valence-corrected chi connectivity index (χ3v) is 6.09. The van der Waals surface area contributed by atoms with E-state index in [4.69, 9.17) is 5.73 Å². The summed E-state index contributed by atoms with van der Waals surface area (Å²) in [5.41, 5.74) is 10.2. The molecule has 1 fully saturated rings. The lowest BCUT2D eigenvalue weighted by Crippen LogP contribution is -2.61. The van der Waals surface area contributed by atoms with Crippen molar-refractivity contribution in [2.24, 2.45) is 5.73 Å². The summed E-state index contributed by atoms with van der Waals surface area (Å²) in [7, 11) is 0. The van der Waals surface area contributed by atoms with Gasteiger partial charge in [-0.25, -0.2) is 0 Å². The summed E-state index contributed by atoms with van der Waals surface area (Å²) >= 11 is 0. The Morgan fingerprint density at radius 2 is 1.85 bits per heavy atom. The van der Waals surface area contributed by atoms with Crippen molar-refractivity contribution < 1.29 is 4.79 Å². The number of piperidine rings is 1. The lowest BCUT2D eigenvalue weighted by atomic mass is 9.77. The predicted octanol–water partition coefficient (Wildman–Crippen LogP) is 3.50. The van der Waals surface area contributed by atoms with Crippen molar-refractivity contribution in [1.82, 2.24) is 5.32 Å². The number of ketones is 1. The van der Waals surface area contributed by atoms with Crippen molar-refractivity contribution >= 4 is 11.5 Å². The molecule has 4 nitrogen and oxygen atoms in total. The van der Waals surface area contributed by atoms with Gasteiger partial charge in [-0.2, -0.15) is 0 Å². The Morgan fingerprint density at radius 1 is 1.11 bits per heavy atom. The molecule has 0 spiro atoms. The minimum absolute atomic E-state index is 0.0553. The van der Waals surface area contributed by atoms with Crippen molar-refractivity contribution in [3.63, 3.8) is 0 Å². The summed E-state index contributed by atoms with van der Waals surface area (Å²) in [6.45, 7) is 4.62. The fourth-order valence-corrected chi connectivity index (χ4v) is 4.64. The SMILES string of the molecule is CCC(=O)C1(N)NCC(c2ccccc2)c2cccc(N3CCCCC3)c21. The topological polar surface area (TPSA) is 58.4 Å². The first-order valence-electron chi connectivity index (χ1n) is 10.2. The van der Waals surface area contributed by atoms with Gasteiger partial charge in [0.2, 0.25) is 0 Å². The first-order chi connectivity index (χ1) is 13.1.